The molecule has 8 heteroatoms. The zero-order chi connectivity index (χ0) is 16.1. The van der Waals surface area contributed by atoms with E-state index in [1.54, 1.807) is 31.2 Å². The van der Waals surface area contributed by atoms with Crippen molar-refractivity contribution in [2.45, 2.75) is 13.5 Å². The standard InChI is InChI=1S/C14H15N3O5/c1-3-22-14(20)9-4-6-10(7-5-9)17-11(8-21-2)12(13(18)19)15-16-17/h4-7H,3,8H2,1-2H3,(H,18,19). The molecule has 0 bridgehead atoms. The van der Waals surface area contributed by atoms with Crippen molar-refractivity contribution in [3.8, 4) is 5.69 Å². The predicted octanol–water partition coefficient (Wildman–Crippen LogP) is 1.29. The molecule has 0 aliphatic heterocycles. The first-order valence-corrected chi connectivity index (χ1v) is 6.52. The number of nitrogens with zero attached hydrogens (tertiary/aromatic N) is 3. The summed E-state index contributed by atoms with van der Waals surface area (Å²) < 4.78 is 11.3. The summed E-state index contributed by atoms with van der Waals surface area (Å²) >= 11 is 0. The summed E-state index contributed by atoms with van der Waals surface area (Å²) in [6.45, 7) is 2.07. The molecule has 0 spiro atoms. The summed E-state index contributed by atoms with van der Waals surface area (Å²) in [5, 5.41) is 16.6. The topological polar surface area (TPSA) is 104 Å². The fraction of sp³-hybridized carbons (Fsp3) is 0.286. The van der Waals surface area contributed by atoms with Crippen molar-refractivity contribution in [1.29, 1.82) is 0 Å². The number of aromatic carboxylic acids is 1. The molecule has 1 N–H and O–H groups in total. The van der Waals surface area contributed by atoms with Gasteiger partial charge in [-0.25, -0.2) is 14.3 Å². The van der Waals surface area contributed by atoms with Crippen LogP contribution >= 0.6 is 0 Å². The molecule has 0 saturated heterocycles. The first-order chi connectivity index (χ1) is 10.6. The third kappa shape index (κ3) is 3.12. The summed E-state index contributed by atoms with van der Waals surface area (Å²) in [4.78, 5) is 22.7. The minimum atomic E-state index is -1.18. The number of aromatic nitrogens is 3. The Bertz CT molecular complexity index is 678. The van der Waals surface area contributed by atoms with E-state index in [0.717, 1.165) is 0 Å². The summed E-state index contributed by atoms with van der Waals surface area (Å²) in [7, 11) is 1.45. The van der Waals surface area contributed by atoms with Crippen LogP contribution in [0, 0.1) is 0 Å². The Balaban J connectivity index is 2.36. The molecule has 0 saturated carbocycles. The Morgan fingerprint density at radius 2 is 1.95 bits per heavy atom. The van der Waals surface area contributed by atoms with Gasteiger partial charge in [0, 0.05) is 7.11 Å². The Hall–Kier alpha value is -2.74. The average molecular weight is 305 g/mol. The van der Waals surface area contributed by atoms with Crippen molar-refractivity contribution in [2.24, 2.45) is 0 Å². The lowest BCUT2D eigenvalue weighted by molar-refractivity contribution is 0.0526. The van der Waals surface area contributed by atoms with E-state index in [1.165, 1.54) is 11.8 Å². The van der Waals surface area contributed by atoms with Gasteiger partial charge in [0.15, 0.2) is 5.69 Å². The minimum absolute atomic E-state index is 0.0499. The number of hydrogen-bond acceptors (Lipinski definition) is 6. The molecule has 0 fully saturated rings. The van der Waals surface area contributed by atoms with Crippen LogP contribution in [0.25, 0.3) is 5.69 Å². The van der Waals surface area contributed by atoms with Gasteiger partial charge in [0.05, 0.1) is 24.5 Å². The molecule has 1 aromatic carbocycles. The lowest BCUT2D eigenvalue weighted by Crippen LogP contribution is -2.09. The van der Waals surface area contributed by atoms with Crippen LogP contribution in [0.4, 0.5) is 0 Å². The van der Waals surface area contributed by atoms with Crippen LogP contribution in [0.3, 0.4) is 0 Å². The Kier molecular flexibility index (Phi) is 4.84. The highest BCUT2D eigenvalue weighted by atomic mass is 16.5. The largest absolute Gasteiger partial charge is 0.476 e. The van der Waals surface area contributed by atoms with Gasteiger partial charge in [0.25, 0.3) is 0 Å². The Morgan fingerprint density at radius 3 is 2.50 bits per heavy atom. The zero-order valence-electron chi connectivity index (χ0n) is 12.1. The van der Waals surface area contributed by atoms with Gasteiger partial charge in [-0.15, -0.1) is 5.10 Å². The number of ether oxygens (including phenoxy) is 2. The number of esters is 1. The van der Waals surface area contributed by atoms with Crippen LogP contribution in [0.15, 0.2) is 24.3 Å². The molecular weight excluding hydrogens is 290 g/mol. The molecule has 0 aliphatic carbocycles. The van der Waals surface area contributed by atoms with E-state index in [-0.39, 0.29) is 12.3 Å². The van der Waals surface area contributed by atoms with Gasteiger partial charge < -0.3 is 14.6 Å². The van der Waals surface area contributed by atoms with Crippen LogP contribution in [-0.2, 0) is 16.1 Å². The first-order valence-electron chi connectivity index (χ1n) is 6.52. The lowest BCUT2D eigenvalue weighted by atomic mass is 10.2. The number of carbonyl (C=O) groups is 2. The average Bonchev–Trinajstić information content (AvgIpc) is 2.92. The Morgan fingerprint density at radius 1 is 1.27 bits per heavy atom. The second kappa shape index (κ2) is 6.81. The highest BCUT2D eigenvalue weighted by Gasteiger charge is 2.20. The van der Waals surface area contributed by atoms with Crippen molar-refractivity contribution >= 4 is 11.9 Å². The second-order valence-electron chi connectivity index (χ2n) is 4.30. The van der Waals surface area contributed by atoms with Crippen LogP contribution in [-0.4, -0.2) is 45.8 Å². The molecule has 2 aromatic rings. The van der Waals surface area contributed by atoms with Gasteiger partial charge >= 0.3 is 11.9 Å². The van der Waals surface area contributed by atoms with Crippen LogP contribution in [0.2, 0.25) is 0 Å². The van der Waals surface area contributed by atoms with E-state index >= 15 is 0 Å². The molecule has 0 amide bonds. The third-order valence-corrected chi connectivity index (χ3v) is 2.87. The van der Waals surface area contributed by atoms with Gasteiger partial charge in [-0.2, -0.15) is 0 Å². The summed E-state index contributed by atoms with van der Waals surface area (Å²) in [5.41, 5.74) is 1.12. The molecule has 0 radical (unpaired) electrons. The summed E-state index contributed by atoms with van der Waals surface area (Å²) in [6, 6.07) is 6.41. The molecule has 2 rings (SSSR count). The van der Waals surface area contributed by atoms with Crippen molar-refractivity contribution in [3.05, 3.63) is 41.2 Å². The normalized spacial score (nSPS) is 10.5. The fourth-order valence-electron chi connectivity index (χ4n) is 1.89. The van der Waals surface area contributed by atoms with Crippen molar-refractivity contribution in [1.82, 2.24) is 15.0 Å². The number of methoxy groups -OCH3 is 1. The van der Waals surface area contributed by atoms with Crippen LogP contribution in [0.5, 0.6) is 0 Å². The number of carboxylic acids is 1. The molecule has 0 atom stereocenters. The van der Waals surface area contributed by atoms with Crippen LogP contribution in [0.1, 0.15) is 33.5 Å². The second-order valence-corrected chi connectivity index (χ2v) is 4.30. The minimum Gasteiger partial charge on any atom is -0.476 e. The maximum Gasteiger partial charge on any atom is 0.358 e. The SMILES string of the molecule is CCOC(=O)c1ccc(-n2nnc(C(=O)O)c2COC)cc1. The smallest absolute Gasteiger partial charge is 0.358 e. The van der Waals surface area contributed by atoms with Gasteiger partial charge in [-0.05, 0) is 31.2 Å². The van der Waals surface area contributed by atoms with Gasteiger partial charge in [0.2, 0.25) is 0 Å². The molecule has 22 heavy (non-hydrogen) atoms. The lowest BCUT2D eigenvalue weighted by Gasteiger charge is -2.07. The number of carboxylic acid groups (broad SMARTS) is 1. The van der Waals surface area contributed by atoms with Crippen LogP contribution < -0.4 is 0 Å². The molecule has 1 heterocycles. The number of carbonyl (C=O) groups excluding carboxylic acids is 1. The molecule has 8 nitrogen and oxygen atoms in total. The Labute approximate surface area is 126 Å². The maximum atomic E-state index is 11.6. The quantitative estimate of drug-likeness (QED) is 0.802. The molecular formula is C14H15N3O5. The zero-order valence-corrected chi connectivity index (χ0v) is 12.1. The highest BCUT2D eigenvalue weighted by molar-refractivity contribution is 5.89. The highest BCUT2D eigenvalue weighted by Crippen LogP contribution is 2.15. The van der Waals surface area contributed by atoms with E-state index in [0.29, 0.717) is 23.6 Å². The van der Waals surface area contributed by atoms with E-state index in [9.17, 15) is 9.59 Å². The number of benzene rings is 1. The summed E-state index contributed by atoms with van der Waals surface area (Å²) in [6.07, 6.45) is 0. The van der Waals surface area contributed by atoms with Gasteiger partial charge in [0.1, 0.15) is 5.69 Å². The summed E-state index contributed by atoms with van der Waals surface area (Å²) in [5.74, 6) is -1.60. The van der Waals surface area contributed by atoms with E-state index in [1.807, 2.05) is 0 Å². The predicted molar refractivity (Wildman–Crippen MR) is 75.0 cm³/mol. The van der Waals surface area contributed by atoms with E-state index < -0.39 is 11.9 Å². The van der Waals surface area contributed by atoms with Crippen molar-refractivity contribution in [3.63, 3.8) is 0 Å². The number of rotatable bonds is 6. The maximum absolute atomic E-state index is 11.6. The van der Waals surface area contributed by atoms with Crippen molar-refractivity contribution < 1.29 is 24.2 Å². The van der Waals surface area contributed by atoms with E-state index in [2.05, 4.69) is 10.3 Å². The first kappa shape index (κ1) is 15.6. The molecule has 1 aromatic heterocycles. The van der Waals surface area contributed by atoms with Gasteiger partial charge in [-0.3, -0.25) is 0 Å². The number of hydrogen-bond donors (Lipinski definition) is 1. The molecule has 0 unspecified atom stereocenters. The molecule has 116 valence electrons. The third-order valence-electron chi connectivity index (χ3n) is 2.87. The molecule has 0 aliphatic rings. The van der Waals surface area contributed by atoms with E-state index in [4.69, 9.17) is 14.6 Å². The fourth-order valence-corrected chi connectivity index (χ4v) is 1.89. The monoisotopic (exact) mass is 305 g/mol. The van der Waals surface area contributed by atoms with Gasteiger partial charge in [-0.1, -0.05) is 5.21 Å². The van der Waals surface area contributed by atoms with Crippen molar-refractivity contribution in [2.75, 3.05) is 13.7 Å².